The molecule has 2 N–H and O–H groups in total. The first-order valence-corrected chi connectivity index (χ1v) is 6.47. The van der Waals surface area contributed by atoms with Crippen molar-refractivity contribution in [1.29, 1.82) is 0 Å². The Kier molecular flexibility index (Phi) is 3.44. The maximum absolute atomic E-state index is 11.8. The molecule has 3 heteroatoms. The molecule has 0 amide bonds. The van der Waals surface area contributed by atoms with E-state index in [1.54, 1.807) is 0 Å². The Balaban J connectivity index is 2.51. The van der Waals surface area contributed by atoms with Gasteiger partial charge in [-0.15, -0.1) is 0 Å². The second kappa shape index (κ2) is 4.73. The fourth-order valence-corrected chi connectivity index (χ4v) is 2.99. The van der Waals surface area contributed by atoms with Crippen LogP contribution in [0.2, 0.25) is 0 Å². The number of carbonyl (C=O) groups excluding carboxylic acids is 1. The lowest BCUT2D eigenvalue weighted by atomic mass is 9.84. The molecule has 0 aliphatic heterocycles. The summed E-state index contributed by atoms with van der Waals surface area (Å²) in [6, 6.07) is 3.97. The van der Waals surface area contributed by atoms with Gasteiger partial charge < -0.3 is 10.5 Å². The highest BCUT2D eigenvalue weighted by molar-refractivity contribution is 5.91. The molecule has 0 heterocycles. The van der Waals surface area contributed by atoms with Gasteiger partial charge in [-0.1, -0.05) is 18.9 Å². The van der Waals surface area contributed by atoms with E-state index in [0.29, 0.717) is 5.56 Å². The Bertz CT molecular complexity index is 474. The van der Waals surface area contributed by atoms with E-state index in [4.69, 9.17) is 10.5 Å². The van der Waals surface area contributed by atoms with Crippen molar-refractivity contribution in [3.8, 4) is 0 Å². The Hall–Kier alpha value is -1.35. The summed E-state index contributed by atoms with van der Waals surface area (Å²) in [7, 11) is 1.41. The van der Waals surface area contributed by atoms with Crippen molar-refractivity contribution in [2.24, 2.45) is 5.73 Å². The van der Waals surface area contributed by atoms with Crippen molar-refractivity contribution in [2.45, 2.75) is 45.1 Å². The lowest BCUT2D eigenvalue weighted by Gasteiger charge is -2.27. The van der Waals surface area contributed by atoms with Crippen molar-refractivity contribution < 1.29 is 9.53 Å². The third kappa shape index (κ3) is 2.15. The number of aryl methyl sites for hydroxylation is 2. The average molecular weight is 247 g/mol. The van der Waals surface area contributed by atoms with Crippen molar-refractivity contribution in [3.05, 3.63) is 34.4 Å². The fourth-order valence-electron chi connectivity index (χ4n) is 2.99. The van der Waals surface area contributed by atoms with Gasteiger partial charge in [-0.05, 0) is 49.4 Å². The Morgan fingerprint density at radius 2 is 1.83 bits per heavy atom. The summed E-state index contributed by atoms with van der Waals surface area (Å²) >= 11 is 0. The molecule has 1 aromatic carbocycles. The summed E-state index contributed by atoms with van der Waals surface area (Å²) in [6.07, 6.45) is 4.32. The average Bonchev–Trinajstić information content (AvgIpc) is 2.76. The summed E-state index contributed by atoms with van der Waals surface area (Å²) in [4.78, 5) is 11.8. The van der Waals surface area contributed by atoms with Crippen LogP contribution in [-0.4, -0.2) is 13.1 Å². The molecule has 1 saturated carbocycles. The third-order valence-corrected chi connectivity index (χ3v) is 4.01. The number of nitrogens with two attached hydrogens (primary N) is 1. The van der Waals surface area contributed by atoms with Crippen molar-refractivity contribution in [1.82, 2.24) is 0 Å². The van der Waals surface area contributed by atoms with Crippen LogP contribution < -0.4 is 5.73 Å². The Labute approximate surface area is 108 Å². The van der Waals surface area contributed by atoms with Crippen LogP contribution in [0.1, 0.15) is 52.7 Å². The van der Waals surface area contributed by atoms with Gasteiger partial charge in [0.2, 0.25) is 0 Å². The predicted molar refractivity (Wildman–Crippen MR) is 71.6 cm³/mol. The molecular formula is C15H21NO2. The smallest absolute Gasteiger partial charge is 0.338 e. The molecule has 0 aromatic heterocycles. The van der Waals surface area contributed by atoms with Gasteiger partial charge in [0.1, 0.15) is 0 Å². The van der Waals surface area contributed by atoms with E-state index >= 15 is 0 Å². The van der Waals surface area contributed by atoms with Gasteiger partial charge in [0.25, 0.3) is 0 Å². The first-order valence-electron chi connectivity index (χ1n) is 6.47. The maximum Gasteiger partial charge on any atom is 0.338 e. The fraction of sp³-hybridized carbons (Fsp3) is 0.533. The molecule has 18 heavy (non-hydrogen) atoms. The molecule has 2 rings (SSSR count). The number of hydrogen-bond acceptors (Lipinski definition) is 3. The molecule has 0 radical (unpaired) electrons. The van der Waals surface area contributed by atoms with Crippen LogP contribution in [0.3, 0.4) is 0 Å². The first-order chi connectivity index (χ1) is 8.48. The van der Waals surface area contributed by atoms with Crippen LogP contribution in [-0.2, 0) is 10.3 Å². The topological polar surface area (TPSA) is 52.3 Å². The van der Waals surface area contributed by atoms with E-state index in [0.717, 1.165) is 36.8 Å². The third-order valence-electron chi connectivity index (χ3n) is 4.01. The molecule has 98 valence electrons. The van der Waals surface area contributed by atoms with Gasteiger partial charge in [-0.3, -0.25) is 0 Å². The van der Waals surface area contributed by atoms with E-state index in [2.05, 4.69) is 6.92 Å². The molecule has 0 spiro atoms. The number of esters is 1. The molecule has 0 bridgehead atoms. The highest BCUT2D eigenvalue weighted by Gasteiger charge is 2.33. The quantitative estimate of drug-likeness (QED) is 0.818. The van der Waals surface area contributed by atoms with Crippen LogP contribution in [0.5, 0.6) is 0 Å². The van der Waals surface area contributed by atoms with Gasteiger partial charge in [0, 0.05) is 5.54 Å². The van der Waals surface area contributed by atoms with Crippen molar-refractivity contribution in [3.63, 3.8) is 0 Å². The molecule has 1 aliphatic carbocycles. The summed E-state index contributed by atoms with van der Waals surface area (Å²) in [6.45, 7) is 4.00. The largest absolute Gasteiger partial charge is 0.465 e. The van der Waals surface area contributed by atoms with E-state index in [1.807, 2.05) is 19.1 Å². The minimum Gasteiger partial charge on any atom is -0.465 e. The summed E-state index contributed by atoms with van der Waals surface area (Å²) < 4.78 is 4.83. The molecule has 1 aliphatic rings. The maximum atomic E-state index is 11.8. The molecule has 3 nitrogen and oxygen atoms in total. The molecule has 1 fully saturated rings. The molecule has 0 saturated heterocycles. The van der Waals surface area contributed by atoms with Crippen molar-refractivity contribution >= 4 is 5.97 Å². The standard InChI is InChI=1S/C15H21NO2/c1-10-8-11(2)13(9-12(10)14(17)18-3)15(16)6-4-5-7-15/h8-9H,4-7,16H2,1-3H3. The van der Waals surface area contributed by atoms with Gasteiger partial charge >= 0.3 is 5.97 Å². The highest BCUT2D eigenvalue weighted by Crippen LogP contribution is 2.38. The van der Waals surface area contributed by atoms with Crippen LogP contribution in [0.15, 0.2) is 12.1 Å². The second-order valence-electron chi connectivity index (χ2n) is 5.34. The zero-order chi connectivity index (χ0) is 13.3. The van der Waals surface area contributed by atoms with Gasteiger partial charge in [0.15, 0.2) is 0 Å². The van der Waals surface area contributed by atoms with E-state index in [9.17, 15) is 4.79 Å². The summed E-state index contributed by atoms with van der Waals surface area (Å²) in [5, 5.41) is 0. The lowest BCUT2D eigenvalue weighted by molar-refractivity contribution is 0.0599. The summed E-state index contributed by atoms with van der Waals surface area (Å²) in [5.74, 6) is -0.282. The predicted octanol–water partition coefficient (Wildman–Crippen LogP) is 2.82. The summed E-state index contributed by atoms with van der Waals surface area (Å²) in [5.41, 5.74) is 10.1. The second-order valence-corrected chi connectivity index (χ2v) is 5.34. The minimum atomic E-state index is -0.282. The van der Waals surface area contributed by atoms with Crippen LogP contribution in [0, 0.1) is 13.8 Å². The Morgan fingerprint density at radius 3 is 2.39 bits per heavy atom. The minimum absolute atomic E-state index is 0.263. The van der Waals surface area contributed by atoms with Crippen molar-refractivity contribution in [2.75, 3.05) is 7.11 Å². The normalized spacial score (nSPS) is 17.8. The van der Waals surface area contributed by atoms with Gasteiger partial charge in [0.05, 0.1) is 12.7 Å². The zero-order valence-electron chi connectivity index (χ0n) is 11.4. The molecule has 1 aromatic rings. The number of rotatable bonds is 2. The molecular weight excluding hydrogens is 226 g/mol. The monoisotopic (exact) mass is 247 g/mol. The van der Waals surface area contributed by atoms with Crippen LogP contribution in [0.25, 0.3) is 0 Å². The van der Waals surface area contributed by atoms with Gasteiger partial charge in [-0.25, -0.2) is 4.79 Å². The number of benzene rings is 1. The highest BCUT2D eigenvalue weighted by atomic mass is 16.5. The van der Waals surface area contributed by atoms with E-state index in [1.165, 1.54) is 12.7 Å². The SMILES string of the molecule is COC(=O)c1cc(C2(N)CCCC2)c(C)cc1C. The number of hydrogen-bond donors (Lipinski definition) is 1. The van der Waals surface area contributed by atoms with E-state index < -0.39 is 0 Å². The molecule has 0 atom stereocenters. The van der Waals surface area contributed by atoms with Crippen LogP contribution in [0.4, 0.5) is 0 Å². The number of carbonyl (C=O) groups is 1. The Morgan fingerprint density at radius 1 is 1.22 bits per heavy atom. The first kappa shape index (κ1) is 13.1. The van der Waals surface area contributed by atoms with E-state index in [-0.39, 0.29) is 11.5 Å². The lowest BCUT2D eigenvalue weighted by Crippen LogP contribution is -2.34. The number of methoxy groups -OCH3 is 1. The van der Waals surface area contributed by atoms with Gasteiger partial charge in [-0.2, -0.15) is 0 Å². The zero-order valence-corrected chi connectivity index (χ0v) is 11.4. The number of ether oxygens (including phenoxy) is 1. The van der Waals surface area contributed by atoms with Crippen LogP contribution >= 0.6 is 0 Å². The molecule has 0 unspecified atom stereocenters.